The summed E-state index contributed by atoms with van der Waals surface area (Å²) in [7, 11) is 0. The van der Waals surface area contributed by atoms with Crippen molar-refractivity contribution in [3.63, 3.8) is 0 Å². The molecule has 154 valence electrons. The monoisotopic (exact) mass is 491 g/mol. The van der Waals surface area contributed by atoms with Gasteiger partial charge in [0.2, 0.25) is 5.91 Å². The summed E-state index contributed by atoms with van der Waals surface area (Å²) < 4.78 is 5.36. The lowest BCUT2D eigenvalue weighted by molar-refractivity contribution is -0.122. The molecule has 1 saturated heterocycles. The summed E-state index contributed by atoms with van der Waals surface area (Å²) in [5.41, 5.74) is 1.46. The van der Waals surface area contributed by atoms with Crippen LogP contribution in [0.1, 0.15) is 32.6 Å². The molecule has 1 aliphatic carbocycles. The second-order valence-electron chi connectivity index (χ2n) is 7.28. The Morgan fingerprint density at radius 1 is 1.30 bits per heavy atom. The molecule has 0 aromatic rings. The topological polar surface area (TPSA) is 69.2 Å². The van der Waals surface area contributed by atoms with Crippen molar-refractivity contribution in [2.45, 2.75) is 38.6 Å². The molecule has 2 aliphatic heterocycles. The number of nitrogens with one attached hydrogen (secondary N) is 2. The van der Waals surface area contributed by atoms with Gasteiger partial charge in [0, 0.05) is 45.3 Å². The van der Waals surface area contributed by atoms with Gasteiger partial charge in [0.25, 0.3) is 0 Å². The van der Waals surface area contributed by atoms with Crippen LogP contribution in [0.15, 0.2) is 16.6 Å². The third-order valence-electron chi connectivity index (χ3n) is 5.07. The van der Waals surface area contributed by atoms with Crippen LogP contribution in [0.4, 0.5) is 0 Å². The molecule has 27 heavy (non-hydrogen) atoms. The second kappa shape index (κ2) is 11.9. The first-order chi connectivity index (χ1) is 12.7. The molecule has 1 amide bonds. The molecule has 0 aromatic carbocycles. The molecular formula is C19H34IN5O2. The second-order valence-corrected chi connectivity index (χ2v) is 7.28. The summed E-state index contributed by atoms with van der Waals surface area (Å²) in [5, 5.41) is 6.48. The number of hydrogen-bond acceptors (Lipinski definition) is 4. The lowest BCUT2D eigenvalue weighted by Crippen LogP contribution is -2.54. The third-order valence-corrected chi connectivity index (χ3v) is 5.07. The minimum Gasteiger partial charge on any atom is -0.377 e. The van der Waals surface area contributed by atoms with E-state index in [1.807, 2.05) is 0 Å². The van der Waals surface area contributed by atoms with Crippen molar-refractivity contribution in [3.05, 3.63) is 11.6 Å². The van der Waals surface area contributed by atoms with Crippen LogP contribution in [-0.2, 0) is 9.53 Å². The van der Waals surface area contributed by atoms with Gasteiger partial charge < -0.3 is 20.3 Å². The average molecular weight is 491 g/mol. The number of ether oxygens (including phenoxy) is 1. The van der Waals surface area contributed by atoms with Crippen molar-refractivity contribution in [2.24, 2.45) is 4.99 Å². The Bertz CT molecular complexity index is 528. The molecule has 7 nitrogen and oxygen atoms in total. The molecule has 1 saturated carbocycles. The fraction of sp³-hybridized carbons (Fsp3) is 0.789. The first kappa shape index (κ1) is 22.4. The molecule has 0 radical (unpaired) electrons. The van der Waals surface area contributed by atoms with E-state index in [-0.39, 0.29) is 29.9 Å². The molecule has 2 heterocycles. The maximum Gasteiger partial charge on any atom is 0.234 e. The van der Waals surface area contributed by atoms with Crippen LogP contribution in [0.5, 0.6) is 0 Å². The summed E-state index contributed by atoms with van der Waals surface area (Å²) in [6, 6.07) is 0.446. The Hall–Kier alpha value is -0.870. The molecule has 3 aliphatic rings. The van der Waals surface area contributed by atoms with E-state index in [9.17, 15) is 4.79 Å². The van der Waals surface area contributed by atoms with E-state index >= 15 is 0 Å². The third kappa shape index (κ3) is 7.95. The number of guanidine groups is 1. The summed E-state index contributed by atoms with van der Waals surface area (Å²) in [6.07, 6.45) is 6.53. The van der Waals surface area contributed by atoms with E-state index < -0.39 is 0 Å². The zero-order valence-corrected chi connectivity index (χ0v) is 18.7. The first-order valence-electron chi connectivity index (χ1n) is 10.0. The van der Waals surface area contributed by atoms with Gasteiger partial charge in [0.15, 0.2) is 5.96 Å². The quantitative estimate of drug-likeness (QED) is 0.243. The van der Waals surface area contributed by atoms with Gasteiger partial charge >= 0.3 is 0 Å². The Morgan fingerprint density at radius 2 is 2.07 bits per heavy atom. The highest BCUT2D eigenvalue weighted by Crippen LogP contribution is 2.18. The molecular weight excluding hydrogens is 457 g/mol. The van der Waals surface area contributed by atoms with Gasteiger partial charge in [-0.05, 0) is 32.6 Å². The minimum atomic E-state index is 0. The van der Waals surface area contributed by atoms with E-state index in [1.165, 1.54) is 5.57 Å². The van der Waals surface area contributed by atoms with Gasteiger partial charge in [0.1, 0.15) is 0 Å². The predicted molar refractivity (Wildman–Crippen MR) is 119 cm³/mol. The van der Waals surface area contributed by atoms with E-state index in [4.69, 9.17) is 9.73 Å². The zero-order valence-electron chi connectivity index (χ0n) is 16.4. The van der Waals surface area contributed by atoms with Crippen molar-refractivity contribution in [1.29, 1.82) is 0 Å². The van der Waals surface area contributed by atoms with Gasteiger partial charge in [-0.1, -0.05) is 11.6 Å². The minimum absolute atomic E-state index is 0. The lowest BCUT2D eigenvalue weighted by Gasteiger charge is -2.36. The highest BCUT2D eigenvalue weighted by atomic mass is 127. The van der Waals surface area contributed by atoms with Gasteiger partial charge in [-0.2, -0.15) is 0 Å². The number of carbonyl (C=O) groups is 1. The lowest BCUT2D eigenvalue weighted by atomic mass is 10.1. The van der Waals surface area contributed by atoms with E-state index in [0.29, 0.717) is 12.6 Å². The number of amides is 1. The number of piperazine rings is 1. The van der Waals surface area contributed by atoms with Crippen LogP contribution >= 0.6 is 24.0 Å². The van der Waals surface area contributed by atoms with Crippen molar-refractivity contribution in [3.8, 4) is 0 Å². The molecule has 0 spiro atoms. The standard InChI is InChI=1S/C19H33N5O2.HI/c1-2-20-19(21-8-5-16-6-13-26-14-7-16)24-11-9-23(10-12-24)15-18(25)22-17-3-4-17;/h6,17H,2-5,7-15H2,1H3,(H,20,21)(H,22,25);1H. The summed E-state index contributed by atoms with van der Waals surface area (Å²) in [5.74, 6) is 1.17. The molecule has 0 unspecified atom stereocenters. The fourth-order valence-electron chi connectivity index (χ4n) is 3.35. The van der Waals surface area contributed by atoms with Gasteiger partial charge in [-0.3, -0.25) is 14.7 Å². The average Bonchev–Trinajstić information content (AvgIpc) is 3.46. The van der Waals surface area contributed by atoms with Gasteiger partial charge in [-0.15, -0.1) is 24.0 Å². The summed E-state index contributed by atoms with van der Waals surface area (Å²) in [6.45, 7) is 9.55. The van der Waals surface area contributed by atoms with E-state index in [0.717, 1.165) is 84.1 Å². The van der Waals surface area contributed by atoms with Crippen molar-refractivity contribution >= 4 is 35.8 Å². The molecule has 2 fully saturated rings. The smallest absolute Gasteiger partial charge is 0.234 e. The fourth-order valence-corrected chi connectivity index (χ4v) is 3.35. The molecule has 0 atom stereocenters. The number of carbonyl (C=O) groups excluding carboxylic acids is 1. The number of hydrogen-bond donors (Lipinski definition) is 2. The number of nitrogens with zero attached hydrogens (tertiary/aromatic N) is 3. The van der Waals surface area contributed by atoms with Crippen LogP contribution in [0.25, 0.3) is 0 Å². The SMILES string of the molecule is CCNC(=NCCC1=CCOCC1)N1CCN(CC(=O)NC2CC2)CC1.I. The van der Waals surface area contributed by atoms with Crippen LogP contribution < -0.4 is 10.6 Å². The number of rotatable bonds is 7. The number of aliphatic imine (C=N–C) groups is 1. The predicted octanol–water partition coefficient (Wildman–Crippen LogP) is 1.20. The molecule has 0 aromatic heterocycles. The van der Waals surface area contributed by atoms with Crippen molar-refractivity contribution < 1.29 is 9.53 Å². The summed E-state index contributed by atoms with van der Waals surface area (Å²) >= 11 is 0. The van der Waals surface area contributed by atoms with Crippen molar-refractivity contribution in [1.82, 2.24) is 20.4 Å². The van der Waals surface area contributed by atoms with Gasteiger partial charge in [0.05, 0.1) is 19.8 Å². The van der Waals surface area contributed by atoms with Gasteiger partial charge in [-0.25, -0.2) is 0 Å². The molecule has 8 heteroatoms. The van der Waals surface area contributed by atoms with Crippen LogP contribution in [-0.4, -0.2) is 86.7 Å². The normalized spacial score (nSPS) is 21.3. The molecule has 3 rings (SSSR count). The highest BCUT2D eigenvalue weighted by Gasteiger charge is 2.25. The van der Waals surface area contributed by atoms with Crippen LogP contribution in [0.2, 0.25) is 0 Å². The summed E-state index contributed by atoms with van der Waals surface area (Å²) in [4.78, 5) is 21.3. The Kier molecular flexibility index (Phi) is 9.84. The Balaban J connectivity index is 0.00000261. The Labute approximate surface area is 180 Å². The molecule has 2 N–H and O–H groups in total. The van der Waals surface area contributed by atoms with Crippen molar-refractivity contribution in [2.75, 3.05) is 59.0 Å². The maximum atomic E-state index is 12.0. The van der Waals surface area contributed by atoms with E-state index in [2.05, 4.69) is 33.4 Å². The Morgan fingerprint density at radius 3 is 2.70 bits per heavy atom. The van der Waals surface area contributed by atoms with Crippen LogP contribution in [0, 0.1) is 0 Å². The molecule has 0 bridgehead atoms. The maximum absolute atomic E-state index is 12.0. The largest absolute Gasteiger partial charge is 0.377 e. The highest BCUT2D eigenvalue weighted by molar-refractivity contribution is 14.0. The first-order valence-corrected chi connectivity index (χ1v) is 10.0. The van der Waals surface area contributed by atoms with Crippen LogP contribution in [0.3, 0.4) is 0 Å². The zero-order chi connectivity index (χ0) is 18.2. The number of halogens is 1. The van der Waals surface area contributed by atoms with E-state index in [1.54, 1.807) is 0 Å².